The first-order chi connectivity index (χ1) is 15.0. The minimum Gasteiger partial charge on any atom is -0.340 e. The molecule has 2 fully saturated rings. The summed E-state index contributed by atoms with van der Waals surface area (Å²) in [6.45, 7) is 13.0. The number of rotatable bonds is 9. The van der Waals surface area contributed by atoms with Crippen molar-refractivity contribution in [2.24, 2.45) is 0 Å². The lowest BCUT2D eigenvalue weighted by Gasteiger charge is -2.27. The molecule has 2 aliphatic rings. The van der Waals surface area contributed by atoms with Crippen LogP contribution in [0.15, 0.2) is 36.3 Å². The van der Waals surface area contributed by atoms with Gasteiger partial charge in [0.15, 0.2) is 0 Å². The maximum atomic E-state index is 12.9. The molecule has 1 aliphatic carbocycles. The van der Waals surface area contributed by atoms with E-state index in [1.165, 1.54) is 4.90 Å². The Hall–Kier alpha value is -2.75. The Balaban J connectivity index is 1.90. The summed E-state index contributed by atoms with van der Waals surface area (Å²) in [4.78, 5) is 52.3. The van der Waals surface area contributed by atoms with E-state index in [1.54, 1.807) is 18.2 Å². The second-order valence-corrected chi connectivity index (χ2v) is 9.80. The largest absolute Gasteiger partial charge is 0.340 e. The predicted molar refractivity (Wildman–Crippen MR) is 125 cm³/mol. The molecule has 1 aliphatic heterocycles. The van der Waals surface area contributed by atoms with Crippen molar-refractivity contribution in [3.05, 3.63) is 36.3 Å². The van der Waals surface area contributed by atoms with Gasteiger partial charge in [0.1, 0.15) is 11.6 Å². The zero-order valence-corrected chi connectivity index (χ0v) is 19.8. The number of allylic oxidation sites excluding steroid dienone is 3. The van der Waals surface area contributed by atoms with Crippen LogP contribution in [0.1, 0.15) is 46.5 Å². The lowest BCUT2D eigenvalue weighted by molar-refractivity contribution is -0.139. The van der Waals surface area contributed by atoms with E-state index in [-0.39, 0.29) is 24.3 Å². The first-order valence-corrected chi connectivity index (χ1v) is 11.4. The summed E-state index contributed by atoms with van der Waals surface area (Å²) in [6, 6.07) is -1.10. The number of hydrogen-bond donors (Lipinski definition) is 4. The van der Waals surface area contributed by atoms with Crippen molar-refractivity contribution < 1.29 is 19.2 Å². The van der Waals surface area contributed by atoms with Gasteiger partial charge in [-0.05, 0) is 64.5 Å². The van der Waals surface area contributed by atoms with E-state index in [1.807, 2.05) is 20.8 Å². The average molecular weight is 464 g/mol. The molecule has 5 amide bonds. The third kappa shape index (κ3) is 7.15. The first kappa shape index (κ1) is 25.5. The molecule has 4 N–H and O–H groups in total. The molecule has 1 unspecified atom stereocenters. The second-order valence-electron chi connectivity index (χ2n) is 8.92. The van der Waals surface area contributed by atoms with Crippen molar-refractivity contribution in [1.29, 1.82) is 0 Å². The molecule has 1 saturated carbocycles. The van der Waals surface area contributed by atoms with Gasteiger partial charge in [-0.15, -0.1) is 0 Å². The molecule has 0 aromatic heterocycles. The van der Waals surface area contributed by atoms with Crippen molar-refractivity contribution in [2.75, 3.05) is 13.1 Å². The second kappa shape index (κ2) is 10.7. The highest BCUT2D eigenvalue weighted by Gasteiger charge is 2.52. The van der Waals surface area contributed by atoms with Crippen LogP contribution < -0.4 is 20.7 Å². The van der Waals surface area contributed by atoms with Crippen molar-refractivity contribution in [3.8, 4) is 0 Å². The standard InChI is InChI=1S/C22H33N5O4S/c1-6-9-15(7-2)32-26-19(30)22(11-12-22)24-18(29)16-10-8-13-27(16)17(28)14-23-20(31)25-21(3,4)5/h6-7,9,16H,1-2,8,10-14H2,3-5H3,(H,24,29)(H,26,30)(H2,23,25,31)/b15-9+. The summed E-state index contributed by atoms with van der Waals surface area (Å²) in [5, 5.41) is 8.10. The van der Waals surface area contributed by atoms with Crippen LogP contribution in [-0.4, -0.2) is 58.9 Å². The maximum absolute atomic E-state index is 12.9. The minimum absolute atomic E-state index is 0.200. The number of hydrogen-bond acceptors (Lipinski definition) is 5. The van der Waals surface area contributed by atoms with E-state index in [0.29, 0.717) is 32.2 Å². The monoisotopic (exact) mass is 463 g/mol. The Morgan fingerprint density at radius 3 is 2.44 bits per heavy atom. The normalized spacial score (nSPS) is 19.5. The SMILES string of the molecule is C=C/C=C(\C=C)SNC(=O)C1(NC(=O)C2CCCN2C(=O)CNC(=O)NC(C)(C)C)CC1. The number of urea groups is 1. The summed E-state index contributed by atoms with van der Waals surface area (Å²) in [7, 11) is 0. The Morgan fingerprint density at radius 2 is 1.88 bits per heavy atom. The number of likely N-dealkylation sites (tertiary alicyclic amines) is 1. The lowest BCUT2D eigenvalue weighted by Crippen LogP contribution is -2.55. The van der Waals surface area contributed by atoms with Crippen LogP contribution in [0.5, 0.6) is 0 Å². The lowest BCUT2D eigenvalue weighted by atomic mass is 10.1. The highest BCUT2D eigenvalue weighted by atomic mass is 32.2. The molecule has 1 atom stereocenters. The van der Waals surface area contributed by atoms with E-state index >= 15 is 0 Å². The third-order valence-electron chi connectivity index (χ3n) is 5.06. The van der Waals surface area contributed by atoms with Crippen molar-refractivity contribution in [1.82, 2.24) is 25.6 Å². The molecule has 1 heterocycles. The molecule has 10 heteroatoms. The first-order valence-electron chi connectivity index (χ1n) is 10.6. The summed E-state index contributed by atoms with van der Waals surface area (Å²) < 4.78 is 2.74. The van der Waals surface area contributed by atoms with Gasteiger partial charge in [-0.1, -0.05) is 25.3 Å². The van der Waals surface area contributed by atoms with Crippen molar-refractivity contribution in [3.63, 3.8) is 0 Å². The van der Waals surface area contributed by atoms with Gasteiger partial charge >= 0.3 is 6.03 Å². The van der Waals surface area contributed by atoms with Crippen LogP contribution in [0.4, 0.5) is 4.79 Å². The Kier molecular flexibility index (Phi) is 8.54. The summed E-state index contributed by atoms with van der Waals surface area (Å²) in [5.74, 6) is -0.968. The average Bonchev–Trinajstić information content (AvgIpc) is 3.32. The molecule has 176 valence electrons. The Morgan fingerprint density at radius 1 is 1.19 bits per heavy atom. The van der Waals surface area contributed by atoms with Gasteiger partial charge in [-0.2, -0.15) is 0 Å². The Labute approximate surface area is 193 Å². The van der Waals surface area contributed by atoms with Crippen molar-refractivity contribution >= 4 is 35.7 Å². The van der Waals surface area contributed by atoms with Crippen LogP contribution in [0.2, 0.25) is 0 Å². The summed E-state index contributed by atoms with van der Waals surface area (Å²) in [5.41, 5.74) is -1.37. The van der Waals surface area contributed by atoms with Crippen LogP contribution >= 0.6 is 11.9 Å². The van der Waals surface area contributed by atoms with Crippen LogP contribution in [0.25, 0.3) is 0 Å². The van der Waals surface area contributed by atoms with E-state index in [4.69, 9.17) is 0 Å². The van der Waals surface area contributed by atoms with E-state index < -0.39 is 23.2 Å². The van der Waals surface area contributed by atoms with Crippen molar-refractivity contribution in [2.45, 2.75) is 63.6 Å². The number of nitrogens with zero attached hydrogens (tertiary/aromatic N) is 1. The number of carbonyl (C=O) groups is 4. The molecular weight excluding hydrogens is 430 g/mol. The fourth-order valence-corrected chi connectivity index (χ4v) is 3.95. The molecule has 32 heavy (non-hydrogen) atoms. The van der Waals surface area contributed by atoms with Gasteiger partial charge in [0.05, 0.1) is 6.54 Å². The molecule has 9 nitrogen and oxygen atoms in total. The molecule has 0 radical (unpaired) electrons. The highest BCUT2D eigenvalue weighted by Crippen LogP contribution is 2.37. The molecule has 0 spiro atoms. The minimum atomic E-state index is -0.952. The highest BCUT2D eigenvalue weighted by molar-refractivity contribution is 8.01. The van der Waals surface area contributed by atoms with E-state index in [9.17, 15) is 19.2 Å². The molecule has 1 saturated heterocycles. The van der Waals surface area contributed by atoms with Crippen LogP contribution in [0, 0.1) is 0 Å². The smallest absolute Gasteiger partial charge is 0.315 e. The van der Waals surface area contributed by atoms with Gasteiger partial charge in [-0.25, -0.2) is 4.79 Å². The van der Waals surface area contributed by atoms with Gasteiger partial charge in [0.25, 0.3) is 5.91 Å². The van der Waals surface area contributed by atoms with E-state index in [2.05, 4.69) is 33.8 Å². The fourth-order valence-electron chi connectivity index (χ4n) is 3.30. The Bertz CT molecular complexity index is 814. The van der Waals surface area contributed by atoms with Gasteiger partial charge in [0, 0.05) is 17.0 Å². The van der Waals surface area contributed by atoms with Gasteiger partial charge in [0.2, 0.25) is 11.8 Å². The molecular formula is C22H33N5O4S. The van der Waals surface area contributed by atoms with Crippen LogP contribution in [-0.2, 0) is 14.4 Å². The number of nitrogens with one attached hydrogen (secondary N) is 4. The van der Waals surface area contributed by atoms with Crippen LogP contribution in [0.3, 0.4) is 0 Å². The predicted octanol–water partition coefficient (Wildman–Crippen LogP) is 1.74. The summed E-state index contributed by atoms with van der Waals surface area (Å²) in [6.07, 6.45) is 7.18. The third-order valence-corrected chi connectivity index (χ3v) is 5.88. The maximum Gasteiger partial charge on any atom is 0.315 e. The number of amides is 5. The van der Waals surface area contributed by atoms with E-state index in [0.717, 1.165) is 16.9 Å². The zero-order valence-electron chi connectivity index (χ0n) is 19.0. The molecule has 0 aromatic rings. The number of carbonyl (C=O) groups excluding carboxylic acids is 4. The fraction of sp³-hybridized carbons (Fsp3) is 0.545. The molecule has 0 aromatic carbocycles. The van der Waals surface area contributed by atoms with Gasteiger partial charge < -0.3 is 20.9 Å². The molecule has 0 bridgehead atoms. The summed E-state index contributed by atoms with van der Waals surface area (Å²) >= 11 is 1.11. The molecule has 2 rings (SSSR count). The van der Waals surface area contributed by atoms with Gasteiger partial charge in [-0.3, -0.25) is 19.1 Å². The quantitative estimate of drug-likeness (QED) is 0.307. The topological polar surface area (TPSA) is 120 Å². The zero-order chi connectivity index (χ0) is 23.9.